The summed E-state index contributed by atoms with van der Waals surface area (Å²) in [5.41, 5.74) is 2.36. The minimum Gasteiger partial charge on any atom is -0.462 e. The van der Waals surface area contributed by atoms with Gasteiger partial charge in [0.05, 0.1) is 12.2 Å². The van der Waals surface area contributed by atoms with Gasteiger partial charge in [0.25, 0.3) is 0 Å². The summed E-state index contributed by atoms with van der Waals surface area (Å²) in [5, 5.41) is 3.41. The SMILES string of the molecule is CCOC(=O)c1c(NC(=O)C=Cc2ccc3c(c2)OCO3)sc2c1CCC2. The molecule has 1 aromatic carbocycles. The molecule has 2 heterocycles. The van der Waals surface area contributed by atoms with E-state index in [9.17, 15) is 9.59 Å². The van der Waals surface area contributed by atoms with Gasteiger partial charge in [0.15, 0.2) is 11.5 Å². The monoisotopic (exact) mass is 385 g/mol. The van der Waals surface area contributed by atoms with E-state index in [1.807, 2.05) is 18.2 Å². The Kier molecular flexibility index (Phi) is 4.85. The van der Waals surface area contributed by atoms with Gasteiger partial charge in [0.2, 0.25) is 12.7 Å². The van der Waals surface area contributed by atoms with Gasteiger partial charge >= 0.3 is 5.97 Å². The van der Waals surface area contributed by atoms with Crippen LogP contribution in [0.15, 0.2) is 24.3 Å². The number of anilines is 1. The van der Waals surface area contributed by atoms with Crippen LogP contribution in [0.5, 0.6) is 11.5 Å². The van der Waals surface area contributed by atoms with Crippen LogP contribution in [0.4, 0.5) is 5.00 Å². The molecule has 0 saturated heterocycles. The number of aryl methyl sites for hydroxylation is 1. The second-order valence-corrected chi connectivity index (χ2v) is 7.32. The van der Waals surface area contributed by atoms with Crippen LogP contribution >= 0.6 is 11.3 Å². The number of hydrogen-bond acceptors (Lipinski definition) is 6. The van der Waals surface area contributed by atoms with Gasteiger partial charge < -0.3 is 19.5 Å². The maximum Gasteiger partial charge on any atom is 0.341 e. The van der Waals surface area contributed by atoms with Crippen molar-refractivity contribution in [3.05, 3.63) is 45.8 Å². The van der Waals surface area contributed by atoms with Crippen molar-refractivity contribution in [3.63, 3.8) is 0 Å². The highest BCUT2D eigenvalue weighted by molar-refractivity contribution is 7.17. The van der Waals surface area contributed by atoms with Crippen molar-refractivity contribution in [2.24, 2.45) is 0 Å². The lowest BCUT2D eigenvalue weighted by molar-refractivity contribution is -0.111. The molecule has 1 aliphatic carbocycles. The second-order valence-electron chi connectivity index (χ2n) is 6.22. The molecule has 1 N–H and O–H groups in total. The summed E-state index contributed by atoms with van der Waals surface area (Å²) in [6.45, 7) is 2.29. The van der Waals surface area contributed by atoms with Crippen LogP contribution in [0.25, 0.3) is 6.08 Å². The normalized spacial score (nSPS) is 14.4. The first-order valence-electron chi connectivity index (χ1n) is 8.86. The summed E-state index contributed by atoms with van der Waals surface area (Å²) in [6, 6.07) is 5.47. The smallest absolute Gasteiger partial charge is 0.341 e. The molecule has 7 heteroatoms. The number of ether oxygens (including phenoxy) is 3. The maximum atomic E-state index is 12.4. The molecule has 0 spiro atoms. The molecule has 6 nitrogen and oxygen atoms in total. The molecule has 0 atom stereocenters. The van der Waals surface area contributed by atoms with E-state index in [1.165, 1.54) is 17.4 Å². The van der Waals surface area contributed by atoms with Crippen LogP contribution in [-0.4, -0.2) is 25.3 Å². The standard InChI is InChI=1S/C20H19NO5S/c1-2-24-20(23)18-13-4-3-5-16(13)27-19(18)21-17(22)9-7-12-6-8-14-15(10-12)26-11-25-14/h6-10H,2-5,11H2,1H3,(H,21,22). The highest BCUT2D eigenvalue weighted by atomic mass is 32.1. The molecule has 0 fully saturated rings. The molecule has 4 rings (SSSR count). The molecular formula is C20H19NO5S. The zero-order valence-corrected chi connectivity index (χ0v) is 15.7. The van der Waals surface area contributed by atoms with Gasteiger partial charge in [-0.2, -0.15) is 0 Å². The van der Waals surface area contributed by atoms with Gasteiger partial charge in [-0.25, -0.2) is 4.79 Å². The number of benzene rings is 1. The van der Waals surface area contributed by atoms with Crippen molar-refractivity contribution < 1.29 is 23.8 Å². The van der Waals surface area contributed by atoms with E-state index in [-0.39, 0.29) is 18.7 Å². The predicted octanol–water partition coefficient (Wildman–Crippen LogP) is 3.79. The third kappa shape index (κ3) is 3.55. The van der Waals surface area contributed by atoms with Gasteiger partial charge in [0.1, 0.15) is 5.00 Å². The van der Waals surface area contributed by atoms with E-state index in [1.54, 1.807) is 13.0 Å². The lowest BCUT2D eigenvalue weighted by atomic mass is 10.1. The summed E-state index contributed by atoms with van der Waals surface area (Å²) in [4.78, 5) is 25.9. The van der Waals surface area contributed by atoms with Crippen LogP contribution in [0.3, 0.4) is 0 Å². The summed E-state index contributed by atoms with van der Waals surface area (Å²) >= 11 is 1.47. The number of fused-ring (bicyclic) bond motifs is 2. The lowest BCUT2D eigenvalue weighted by Crippen LogP contribution is -2.13. The van der Waals surface area contributed by atoms with Gasteiger partial charge in [-0.1, -0.05) is 6.07 Å². The number of rotatable bonds is 5. The number of thiophene rings is 1. The van der Waals surface area contributed by atoms with Crippen molar-refractivity contribution in [2.75, 3.05) is 18.7 Å². The Hall–Kier alpha value is -2.80. The fraction of sp³-hybridized carbons (Fsp3) is 0.300. The Labute approximate surface area is 160 Å². The summed E-state index contributed by atoms with van der Waals surface area (Å²) in [6.07, 6.45) is 5.96. The molecule has 0 saturated carbocycles. The fourth-order valence-electron chi connectivity index (χ4n) is 3.25. The average molecular weight is 385 g/mol. The Balaban J connectivity index is 1.50. The molecule has 2 aliphatic rings. The average Bonchev–Trinajstić information content (AvgIpc) is 3.35. The third-order valence-corrected chi connectivity index (χ3v) is 5.67. The highest BCUT2D eigenvalue weighted by Gasteiger charge is 2.28. The molecule has 1 aromatic heterocycles. The summed E-state index contributed by atoms with van der Waals surface area (Å²) in [5.74, 6) is 0.700. The largest absolute Gasteiger partial charge is 0.462 e. The Morgan fingerprint density at radius 2 is 2.11 bits per heavy atom. The van der Waals surface area contributed by atoms with E-state index in [0.29, 0.717) is 28.7 Å². The van der Waals surface area contributed by atoms with Crippen molar-refractivity contribution in [2.45, 2.75) is 26.2 Å². The van der Waals surface area contributed by atoms with Crippen LogP contribution in [0, 0.1) is 0 Å². The number of esters is 1. The minimum absolute atomic E-state index is 0.211. The summed E-state index contributed by atoms with van der Waals surface area (Å²) < 4.78 is 15.8. The van der Waals surface area contributed by atoms with Crippen molar-refractivity contribution in [1.82, 2.24) is 0 Å². The Morgan fingerprint density at radius 1 is 1.26 bits per heavy atom. The van der Waals surface area contributed by atoms with Crippen LogP contribution < -0.4 is 14.8 Å². The minimum atomic E-state index is -0.369. The number of hydrogen-bond donors (Lipinski definition) is 1. The summed E-state index contributed by atoms with van der Waals surface area (Å²) in [7, 11) is 0. The van der Waals surface area contributed by atoms with Crippen LogP contribution in [0.2, 0.25) is 0 Å². The van der Waals surface area contributed by atoms with E-state index < -0.39 is 0 Å². The molecule has 27 heavy (non-hydrogen) atoms. The van der Waals surface area contributed by atoms with Gasteiger partial charge in [-0.15, -0.1) is 11.3 Å². The number of carbonyl (C=O) groups excluding carboxylic acids is 2. The van der Waals surface area contributed by atoms with Crippen LogP contribution in [0.1, 0.15) is 39.7 Å². The van der Waals surface area contributed by atoms with Gasteiger partial charge in [-0.3, -0.25) is 4.79 Å². The molecular weight excluding hydrogens is 366 g/mol. The first-order valence-corrected chi connectivity index (χ1v) is 9.67. The van der Waals surface area contributed by atoms with Gasteiger partial charge in [-0.05, 0) is 55.5 Å². The van der Waals surface area contributed by atoms with E-state index in [0.717, 1.165) is 35.3 Å². The maximum absolute atomic E-state index is 12.4. The van der Waals surface area contributed by atoms with Crippen molar-refractivity contribution in [1.29, 1.82) is 0 Å². The zero-order chi connectivity index (χ0) is 18.8. The topological polar surface area (TPSA) is 73.9 Å². The highest BCUT2D eigenvalue weighted by Crippen LogP contribution is 2.39. The fourth-order valence-corrected chi connectivity index (χ4v) is 4.53. The second kappa shape index (κ2) is 7.44. The van der Waals surface area contributed by atoms with Crippen LogP contribution in [-0.2, 0) is 22.4 Å². The van der Waals surface area contributed by atoms with Gasteiger partial charge in [0, 0.05) is 11.0 Å². The Bertz CT molecular complexity index is 931. The quantitative estimate of drug-likeness (QED) is 0.626. The Morgan fingerprint density at radius 3 is 2.96 bits per heavy atom. The molecule has 1 aliphatic heterocycles. The first kappa shape index (κ1) is 17.6. The molecule has 0 radical (unpaired) electrons. The van der Waals surface area contributed by atoms with Crippen molar-refractivity contribution in [3.8, 4) is 11.5 Å². The molecule has 1 amide bonds. The van der Waals surface area contributed by atoms with E-state index in [4.69, 9.17) is 14.2 Å². The van der Waals surface area contributed by atoms with E-state index >= 15 is 0 Å². The molecule has 140 valence electrons. The molecule has 2 aromatic rings. The number of nitrogens with one attached hydrogen (secondary N) is 1. The molecule has 0 bridgehead atoms. The third-order valence-electron chi connectivity index (χ3n) is 4.46. The predicted molar refractivity (Wildman–Crippen MR) is 103 cm³/mol. The number of amides is 1. The molecule has 0 unspecified atom stereocenters. The van der Waals surface area contributed by atoms with E-state index in [2.05, 4.69) is 5.32 Å². The zero-order valence-electron chi connectivity index (χ0n) is 14.9. The first-order chi connectivity index (χ1) is 13.2. The number of carbonyl (C=O) groups is 2. The lowest BCUT2D eigenvalue weighted by Gasteiger charge is -2.06. The van der Waals surface area contributed by atoms with Crippen molar-refractivity contribution >= 4 is 34.3 Å².